The van der Waals surface area contributed by atoms with E-state index in [9.17, 15) is 4.79 Å². The third-order valence-electron chi connectivity index (χ3n) is 3.33. The van der Waals surface area contributed by atoms with Crippen LogP contribution in [0.15, 0.2) is 48.7 Å². The largest absolute Gasteiger partial charge is 0.494 e. The number of carbonyl (C=O) groups excluding carboxylic acids is 1. The molecule has 0 aliphatic carbocycles. The first kappa shape index (κ1) is 15.8. The Labute approximate surface area is 139 Å². The molecule has 2 aromatic heterocycles. The van der Waals surface area contributed by atoms with Crippen molar-refractivity contribution < 1.29 is 14.3 Å². The zero-order valence-corrected chi connectivity index (χ0v) is 13.3. The summed E-state index contributed by atoms with van der Waals surface area (Å²) >= 11 is 0. The van der Waals surface area contributed by atoms with Crippen molar-refractivity contribution in [1.29, 1.82) is 0 Å². The van der Waals surface area contributed by atoms with Gasteiger partial charge in [0.25, 0.3) is 5.91 Å². The molecule has 0 saturated carbocycles. The van der Waals surface area contributed by atoms with Crippen LogP contribution in [0.25, 0.3) is 5.65 Å². The molecule has 0 unspecified atom stereocenters. The van der Waals surface area contributed by atoms with Gasteiger partial charge < -0.3 is 14.8 Å². The Morgan fingerprint density at radius 2 is 1.83 bits per heavy atom. The quantitative estimate of drug-likeness (QED) is 0.716. The number of pyridine rings is 1. The van der Waals surface area contributed by atoms with E-state index >= 15 is 0 Å². The van der Waals surface area contributed by atoms with E-state index in [-0.39, 0.29) is 19.1 Å². The van der Waals surface area contributed by atoms with Crippen LogP contribution in [0.4, 0.5) is 0 Å². The van der Waals surface area contributed by atoms with Crippen molar-refractivity contribution in [3.8, 4) is 11.5 Å². The Morgan fingerprint density at radius 1 is 1.08 bits per heavy atom. The van der Waals surface area contributed by atoms with Gasteiger partial charge in [-0.25, -0.2) is 0 Å². The third kappa shape index (κ3) is 3.81. The summed E-state index contributed by atoms with van der Waals surface area (Å²) in [6.07, 6.45) is 1.85. The smallest absolute Gasteiger partial charge is 0.258 e. The first-order chi connectivity index (χ1) is 11.8. The first-order valence-corrected chi connectivity index (χ1v) is 7.67. The molecule has 0 radical (unpaired) electrons. The standard InChI is InChI=1S/C17H18N4O3/c1-2-23-13-6-8-14(9-7-13)24-12-17(22)18-11-16-20-19-15-5-3-4-10-21(15)16/h3-10H,2,11-12H2,1H3,(H,18,22). The molecule has 2 heterocycles. The monoisotopic (exact) mass is 326 g/mol. The second kappa shape index (κ2) is 7.45. The fraction of sp³-hybridized carbons (Fsp3) is 0.235. The average molecular weight is 326 g/mol. The Morgan fingerprint density at radius 3 is 2.58 bits per heavy atom. The van der Waals surface area contributed by atoms with E-state index in [1.54, 1.807) is 24.3 Å². The summed E-state index contributed by atoms with van der Waals surface area (Å²) in [5.41, 5.74) is 0.743. The Balaban J connectivity index is 1.49. The van der Waals surface area contributed by atoms with Gasteiger partial charge in [0.2, 0.25) is 0 Å². The van der Waals surface area contributed by atoms with Gasteiger partial charge in [-0.3, -0.25) is 9.20 Å². The van der Waals surface area contributed by atoms with Crippen LogP contribution in [0.5, 0.6) is 11.5 Å². The van der Waals surface area contributed by atoms with Gasteiger partial charge in [0.1, 0.15) is 11.5 Å². The Hall–Kier alpha value is -3.09. The number of ether oxygens (including phenoxy) is 2. The maximum Gasteiger partial charge on any atom is 0.258 e. The van der Waals surface area contributed by atoms with Crippen LogP contribution in [0.2, 0.25) is 0 Å². The van der Waals surface area contributed by atoms with E-state index in [0.717, 1.165) is 11.4 Å². The predicted molar refractivity (Wildman–Crippen MR) is 87.9 cm³/mol. The lowest BCUT2D eigenvalue weighted by atomic mass is 10.3. The molecule has 24 heavy (non-hydrogen) atoms. The Bertz CT molecular complexity index is 814. The van der Waals surface area contributed by atoms with Crippen LogP contribution >= 0.6 is 0 Å². The minimum atomic E-state index is -0.225. The van der Waals surface area contributed by atoms with Crippen molar-refractivity contribution in [3.05, 3.63) is 54.5 Å². The average Bonchev–Trinajstić information content (AvgIpc) is 3.03. The summed E-state index contributed by atoms with van der Waals surface area (Å²) in [6.45, 7) is 2.76. The summed E-state index contributed by atoms with van der Waals surface area (Å²) in [5, 5.41) is 10.9. The number of nitrogens with one attached hydrogen (secondary N) is 1. The second-order valence-electron chi connectivity index (χ2n) is 5.01. The maximum atomic E-state index is 11.9. The van der Waals surface area contributed by atoms with Crippen LogP contribution in [-0.4, -0.2) is 33.7 Å². The lowest BCUT2D eigenvalue weighted by Crippen LogP contribution is -2.29. The van der Waals surface area contributed by atoms with E-state index in [4.69, 9.17) is 9.47 Å². The van der Waals surface area contributed by atoms with Crippen LogP contribution in [0.3, 0.4) is 0 Å². The highest BCUT2D eigenvalue weighted by Crippen LogP contribution is 2.17. The van der Waals surface area contributed by atoms with Crippen molar-refractivity contribution in [3.63, 3.8) is 0 Å². The van der Waals surface area contributed by atoms with Gasteiger partial charge in [0, 0.05) is 6.20 Å². The molecule has 1 amide bonds. The van der Waals surface area contributed by atoms with Crippen LogP contribution < -0.4 is 14.8 Å². The maximum absolute atomic E-state index is 11.9. The second-order valence-corrected chi connectivity index (χ2v) is 5.01. The number of rotatable bonds is 7. The predicted octanol–water partition coefficient (Wildman–Crippen LogP) is 1.82. The van der Waals surface area contributed by atoms with Crippen molar-refractivity contribution in [2.45, 2.75) is 13.5 Å². The molecule has 0 saturated heterocycles. The van der Waals surface area contributed by atoms with Gasteiger partial charge in [-0.1, -0.05) is 6.07 Å². The first-order valence-electron chi connectivity index (χ1n) is 7.67. The van der Waals surface area contributed by atoms with Crippen LogP contribution in [0, 0.1) is 0 Å². The summed E-state index contributed by atoms with van der Waals surface area (Å²) in [5.74, 6) is 1.83. The number of hydrogen-bond donors (Lipinski definition) is 1. The van der Waals surface area contributed by atoms with Gasteiger partial charge in [-0.05, 0) is 43.3 Å². The molecular formula is C17H18N4O3. The lowest BCUT2D eigenvalue weighted by molar-refractivity contribution is -0.123. The summed E-state index contributed by atoms with van der Waals surface area (Å²) in [6, 6.07) is 12.8. The molecule has 0 aliphatic heterocycles. The van der Waals surface area contributed by atoms with Crippen molar-refractivity contribution in [2.75, 3.05) is 13.2 Å². The number of nitrogens with zero attached hydrogens (tertiary/aromatic N) is 3. The van der Waals surface area contributed by atoms with E-state index in [1.807, 2.05) is 35.7 Å². The molecule has 1 N–H and O–H groups in total. The van der Waals surface area contributed by atoms with Gasteiger partial charge in [0.05, 0.1) is 13.2 Å². The Kier molecular flexibility index (Phi) is 4.90. The number of benzene rings is 1. The SMILES string of the molecule is CCOc1ccc(OCC(=O)NCc2nnc3ccccn23)cc1. The molecule has 1 aromatic carbocycles. The normalized spacial score (nSPS) is 10.5. The molecule has 7 heteroatoms. The summed E-state index contributed by atoms with van der Waals surface area (Å²) in [4.78, 5) is 11.9. The van der Waals surface area contributed by atoms with Gasteiger partial charge in [0.15, 0.2) is 18.1 Å². The third-order valence-corrected chi connectivity index (χ3v) is 3.33. The molecule has 0 bridgehead atoms. The van der Waals surface area contributed by atoms with Crippen molar-refractivity contribution in [1.82, 2.24) is 19.9 Å². The highest BCUT2D eigenvalue weighted by atomic mass is 16.5. The van der Waals surface area contributed by atoms with Gasteiger partial charge >= 0.3 is 0 Å². The van der Waals surface area contributed by atoms with E-state index in [1.165, 1.54) is 0 Å². The summed E-state index contributed by atoms with van der Waals surface area (Å²) in [7, 11) is 0. The molecule has 3 rings (SSSR count). The molecule has 0 aliphatic rings. The molecule has 0 fully saturated rings. The fourth-order valence-corrected chi connectivity index (χ4v) is 2.19. The molecule has 124 valence electrons. The topological polar surface area (TPSA) is 77.8 Å². The number of hydrogen-bond acceptors (Lipinski definition) is 5. The van der Waals surface area contributed by atoms with Crippen LogP contribution in [0.1, 0.15) is 12.7 Å². The minimum Gasteiger partial charge on any atom is -0.494 e. The minimum absolute atomic E-state index is 0.0648. The van der Waals surface area contributed by atoms with Crippen molar-refractivity contribution >= 4 is 11.6 Å². The number of aromatic nitrogens is 3. The number of carbonyl (C=O) groups is 1. The zero-order valence-electron chi connectivity index (χ0n) is 13.3. The molecular weight excluding hydrogens is 308 g/mol. The van der Waals surface area contributed by atoms with E-state index < -0.39 is 0 Å². The highest BCUT2D eigenvalue weighted by Gasteiger charge is 2.07. The van der Waals surface area contributed by atoms with E-state index in [2.05, 4.69) is 15.5 Å². The molecule has 0 atom stereocenters. The lowest BCUT2D eigenvalue weighted by Gasteiger charge is -2.08. The van der Waals surface area contributed by atoms with Gasteiger partial charge in [-0.15, -0.1) is 10.2 Å². The highest BCUT2D eigenvalue weighted by molar-refractivity contribution is 5.77. The van der Waals surface area contributed by atoms with Crippen LogP contribution in [-0.2, 0) is 11.3 Å². The summed E-state index contributed by atoms with van der Waals surface area (Å²) < 4.78 is 12.6. The van der Waals surface area contributed by atoms with E-state index in [0.29, 0.717) is 18.2 Å². The molecule has 3 aromatic rings. The fourth-order valence-electron chi connectivity index (χ4n) is 2.19. The zero-order chi connectivity index (χ0) is 16.8. The number of fused-ring (bicyclic) bond motifs is 1. The van der Waals surface area contributed by atoms with Gasteiger partial charge in [-0.2, -0.15) is 0 Å². The number of amides is 1. The molecule has 0 spiro atoms. The molecule has 7 nitrogen and oxygen atoms in total. The van der Waals surface area contributed by atoms with Crippen molar-refractivity contribution in [2.24, 2.45) is 0 Å².